The highest BCUT2D eigenvalue weighted by Gasteiger charge is 2.33. The Bertz CT molecular complexity index is 609. The van der Waals surface area contributed by atoms with E-state index in [2.05, 4.69) is 38.7 Å². The average molecular weight is 306 g/mol. The molecular formula is C15H20ClN5. The first-order valence-electron chi connectivity index (χ1n) is 7.17. The first kappa shape index (κ1) is 14.5. The van der Waals surface area contributed by atoms with Crippen molar-refractivity contribution in [2.45, 2.75) is 32.0 Å². The molecule has 5 nitrogen and oxygen atoms in total. The van der Waals surface area contributed by atoms with Crippen LogP contribution in [0, 0.1) is 0 Å². The maximum Gasteiger partial charge on any atom is 0.147 e. The van der Waals surface area contributed by atoms with Crippen LogP contribution in [-0.4, -0.2) is 38.3 Å². The van der Waals surface area contributed by atoms with Crippen molar-refractivity contribution in [1.29, 1.82) is 0 Å². The molecule has 1 atom stereocenters. The summed E-state index contributed by atoms with van der Waals surface area (Å²) in [5.74, 6) is 1.01. The Morgan fingerprint density at radius 1 is 1.29 bits per heavy atom. The van der Waals surface area contributed by atoms with Crippen LogP contribution in [0.4, 0.5) is 0 Å². The number of hydrogen-bond donors (Lipinski definition) is 1. The second-order valence-corrected chi connectivity index (χ2v) is 6.30. The van der Waals surface area contributed by atoms with Crippen molar-refractivity contribution in [1.82, 2.24) is 19.7 Å². The molecule has 1 aromatic heterocycles. The third-order valence-electron chi connectivity index (χ3n) is 4.34. The van der Waals surface area contributed by atoms with E-state index in [1.807, 2.05) is 12.1 Å². The Hall–Kier alpha value is -1.43. The maximum atomic E-state index is 6.10. The minimum absolute atomic E-state index is 0.0922. The molecule has 6 heteroatoms. The highest BCUT2D eigenvalue weighted by atomic mass is 35.5. The SMILES string of the molecule is CC(CN)(Cc1ccc(Cl)cc1)N1CCn2cnnc2C1. The lowest BCUT2D eigenvalue weighted by molar-refractivity contribution is 0.0772. The molecule has 1 unspecified atom stereocenters. The molecule has 3 rings (SSSR count). The van der Waals surface area contributed by atoms with Gasteiger partial charge in [-0.25, -0.2) is 0 Å². The lowest BCUT2D eigenvalue weighted by Gasteiger charge is -2.42. The van der Waals surface area contributed by atoms with E-state index in [-0.39, 0.29) is 5.54 Å². The highest BCUT2D eigenvalue weighted by molar-refractivity contribution is 6.30. The molecule has 1 aliphatic rings. The molecule has 0 bridgehead atoms. The Labute approximate surface area is 129 Å². The molecular weight excluding hydrogens is 286 g/mol. The van der Waals surface area contributed by atoms with Crippen molar-refractivity contribution in [2.24, 2.45) is 5.73 Å². The van der Waals surface area contributed by atoms with Crippen LogP contribution in [0.25, 0.3) is 0 Å². The molecule has 1 aliphatic heterocycles. The fourth-order valence-corrected chi connectivity index (χ4v) is 3.01. The molecule has 0 aliphatic carbocycles. The second kappa shape index (κ2) is 5.75. The number of aromatic nitrogens is 3. The molecule has 1 aromatic carbocycles. The number of nitrogens with zero attached hydrogens (tertiary/aromatic N) is 4. The summed E-state index contributed by atoms with van der Waals surface area (Å²) in [5.41, 5.74) is 7.26. The standard InChI is InChI=1S/C15H20ClN5/c1-15(10-17,8-12-2-4-13(16)5-3-12)21-7-6-20-11-18-19-14(20)9-21/h2-5,11H,6-10,17H2,1H3. The van der Waals surface area contributed by atoms with Crippen molar-refractivity contribution < 1.29 is 0 Å². The summed E-state index contributed by atoms with van der Waals surface area (Å²) in [5, 5.41) is 8.93. The van der Waals surface area contributed by atoms with Crippen LogP contribution >= 0.6 is 11.6 Å². The fourth-order valence-electron chi connectivity index (χ4n) is 2.88. The third kappa shape index (κ3) is 2.95. The van der Waals surface area contributed by atoms with Crippen LogP contribution in [0.2, 0.25) is 5.02 Å². The zero-order valence-corrected chi connectivity index (χ0v) is 12.9. The van der Waals surface area contributed by atoms with Gasteiger partial charge in [0.2, 0.25) is 0 Å². The Morgan fingerprint density at radius 2 is 2.05 bits per heavy atom. The van der Waals surface area contributed by atoms with Gasteiger partial charge in [-0.15, -0.1) is 10.2 Å². The van der Waals surface area contributed by atoms with E-state index in [1.54, 1.807) is 6.33 Å². The van der Waals surface area contributed by atoms with Gasteiger partial charge in [0.05, 0.1) is 6.54 Å². The van der Waals surface area contributed by atoms with E-state index >= 15 is 0 Å². The van der Waals surface area contributed by atoms with Crippen LogP contribution in [0.15, 0.2) is 30.6 Å². The topological polar surface area (TPSA) is 60.0 Å². The monoisotopic (exact) mass is 305 g/mol. The van der Waals surface area contributed by atoms with Crippen molar-refractivity contribution in [3.05, 3.63) is 47.0 Å². The van der Waals surface area contributed by atoms with Gasteiger partial charge in [0, 0.05) is 30.2 Å². The minimum atomic E-state index is -0.0922. The molecule has 112 valence electrons. The third-order valence-corrected chi connectivity index (χ3v) is 4.59. The number of rotatable bonds is 4. The molecule has 2 N–H and O–H groups in total. The molecule has 0 fully saturated rings. The van der Waals surface area contributed by atoms with Crippen molar-refractivity contribution >= 4 is 11.6 Å². The summed E-state index contributed by atoms with van der Waals surface area (Å²) in [6.07, 6.45) is 2.69. The summed E-state index contributed by atoms with van der Waals surface area (Å²) in [7, 11) is 0. The summed E-state index contributed by atoms with van der Waals surface area (Å²) in [4.78, 5) is 2.41. The van der Waals surface area contributed by atoms with Gasteiger partial charge in [-0.3, -0.25) is 4.90 Å². The number of fused-ring (bicyclic) bond motifs is 1. The summed E-state index contributed by atoms with van der Waals surface area (Å²) in [6.45, 7) is 5.49. The number of benzene rings is 1. The Kier molecular flexibility index (Phi) is 3.97. The van der Waals surface area contributed by atoms with Crippen LogP contribution < -0.4 is 5.73 Å². The number of hydrogen-bond acceptors (Lipinski definition) is 4. The fraction of sp³-hybridized carbons (Fsp3) is 0.467. The normalized spacial score (nSPS) is 18.2. The lowest BCUT2D eigenvalue weighted by atomic mass is 9.90. The quantitative estimate of drug-likeness (QED) is 0.934. The zero-order chi connectivity index (χ0) is 14.9. The largest absolute Gasteiger partial charge is 0.329 e. The number of halogens is 1. The smallest absolute Gasteiger partial charge is 0.147 e. The van der Waals surface area contributed by atoms with Crippen LogP contribution in [0.3, 0.4) is 0 Å². The van der Waals surface area contributed by atoms with Gasteiger partial charge in [-0.05, 0) is 31.0 Å². The van der Waals surface area contributed by atoms with E-state index in [1.165, 1.54) is 5.56 Å². The lowest BCUT2D eigenvalue weighted by Crippen LogP contribution is -2.55. The molecule has 0 saturated carbocycles. The van der Waals surface area contributed by atoms with E-state index in [4.69, 9.17) is 17.3 Å². The average Bonchev–Trinajstić information content (AvgIpc) is 2.97. The number of nitrogens with two attached hydrogens (primary N) is 1. The summed E-state index contributed by atoms with van der Waals surface area (Å²) in [6, 6.07) is 8.01. The Morgan fingerprint density at radius 3 is 2.76 bits per heavy atom. The van der Waals surface area contributed by atoms with Gasteiger partial charge < -0.3 is 10.3 Å². The molecule has 21 heavy (non-hydrogen) atoms. The van der Waals surface area contributed by atoms with Gasteiger partial charge in [-0.1, -0.05) is 23.7 Å². The summed E-state index contributed by atoms with van der Waals surface area (Å²) >= 11 is 5.96. The molecule has 0 spiro atoms. The van der Waals surface area contributed by atoms with Crippen LogP contribution in [-0.2, 0) is 19.5 Å². The van der Waals surface area contributed by atoms with E-state index < -0.39 is 0 Å². The van der Waals surface area contributed by atoms with Gasteiger partial charge >= 0.3 is 0 Å². The molecule has 0 radical (unpaired) electrons. The van der Waals surface area contributed by atoms with Crippen molar-refractivity contribution in [3.8, 4) is 0 Å². The molecule has 2 heterocycles. The van der Waals surface area contributed by atoms with E-state index in [0.29, 0.717) is 6.54 Å². The van der Waals surface area contributed by atoms with Crippen molar-refractivity contribution in [2.75, 3.05) is 13.1 Å². The van der Waals surface area contributed by atoms with Crippen molar-refractivity contribution in [3.63, 3.8) is 0 Å². The first-order chi connectivity index (χ1) is 10.1. The second-order valence-electron chi connectivity index (χ2n) is 5.87. The van der Waals surface area contributed by atoms with Gasteiger partial charge in [0.15, 0.2) is 0 Å². The predicted molar refractivity (Wildman–Crippen MR) is 83.0 cm³/mol. The Balaban J connectivity index is 1.78. The van der Waals surface area contributed by atoms with Crippen LogP contribution in [0.5, 0.6) is 0 Å². The van der Waals surface area contributed by atoms with E-state index in [9.17, 15) is 0 Å². The van der Waals surface area contributed by atoms with Crippen LogP contribution in [0.1, 0.15) is 18.3 Å². The summed E-state index contributed by atoms with van der Waals surface area (Å²) < 4.78 is 2.11. The molecule has 0 saturated heterocycles. The van der Waals surface area contributed by atoms with Gasteiger partial charge in [-0.2, -0.15) is 0 Å². The first-order valence-corrected chi connectivity index (χ1v) is 7.55. The predicted octanol–water partition coefficient (Wildman–Crippen LogP) is 1.71. The van der Waals surface area contributed by atoms with Gasteiger partial charge in [0.25, 0.3) is 0 Å². The van der Waals surface area contributed by atoms with E-state index in [0.717, 1.165) is 36.9 Å². The minimum Gasteiger partial charge on any atom is -0.329 e. The zero-order valence-electron chi connectivity index (χ0n) is 12.2. The van der Waals surface area contributed by atoms with Gasteiger partial charge in [0.1, 0.15) is 12.2 Å². The molecule has 0 amide bonds. The molecule has 2 aromatic rings. The maximum absolute atomic E-state index is 6.10. The highest BCUT2D eigenvalue weighted by Crippen LogP contribution is 2.25.